The van der Waals surface area contributed by atoms with Gasteiger partial charge in [-0.15, -0.1) is 0 Å². The van der Waals surface area contributed by atoms with Gasteiger partial charge in [0.05, 0.1) is 14.2 Å². The van der Waals surface area contributed by atoms with Gasteiger partial charge < -0.3 is 19.4 Å². The maximum atomic E-state index is 12.4. The van der Waals surface area contributed by atoms with E-state index in [-0.39, 0.29) is 11.8 Å². The Bertz CT molecular complexity index is 753. The number of nitrogens with zero attached hydrogens (tertiary/aromatic N) is 3. The van der Waals surface area contributed by atoms with E-state index < -0.39 is 0 Å². The molecule has 0 atom stereocenters. The molecule has 2 aromatic heterocycles. The highest BCUT2D eigenvalue weighted by Gasteiger charge is 2.24. The van der Waals surface area contributed by atoms with E-state index in [9.17, 15) is 4.79 Å². The van der Waals surface area contributed by atoms with Crippen molar-refractivity contribution >= 4 is 5.91 Å². The topological polar surface area (TPSA) is 78.3 Å². The minimum Gasteiger partial charge on any atom is -0.481 e. The highest BCUT2D eigenvalue weighted by atomic mass is 16.5. The Kier molecular flexibility index (Phi) is 5.21. The molecule has 2 heterocycles. The van der Waals surface area contributed by atoms with Crippen molar-refractivity contribution < 1.29 is 14.3 Å². The molecule has 25 heavy (non-hydrogen) atoms. The third-order valence-electron chi connectivity index (χ3n) is 4.66. The van der Waals surface area contributed by atoms with Crippen LogP contribution in [-0.4, -0.2) is 41.2 Å². The predicted octanol–water partition coefficient (Wildman–Crippen LogP) is 2.30. The maximum Gasteiger partial charge on any atom is 0.256 e. The van der Waals surface area contributed by atoms with E-state index in [1.54, 1.807) is 12.1 Å². The summed E-state index contributed by atoms with van der Waals surface area (Å²) in [6, 6.07) is 3.30. The van der Waals surface area contributed by atoms with Gasteiger partial charge in [-0.1, -0.05) is 6.42 Å². The predicted molar refractivity (Wildman–Crippen MR) is 93.2 cm³/mol. The first kappa shape index (κ1) is 17.3. The summed E-state index contributed by atoms with van der Waals surface area (Å²) in [5.41, 5.74) is 1.52. The van der Waals surface area contributed by atoms with Crippen LogP contribution in [0.25, 0.3) is 0 Å². The second kappa shape index (κ2) is 7.55. The number of nitrogens with one attached hydrogen (secondary N) is 1. The maximum absolute atomic E-state index is 12.4. The lowest BCUT2D eigenvalue weighted by Crippen LogP contribution is -2.29. The van der Waals surface area contributed by atoms with Crippen LogP contribution in [0.4, 0.5) is 0 Å². The minimum absolute atomic E-state index is 0.213. The van der Waals surface area contributed by atoms with E-state index >= 15 is 0 Å². The number of pyridine rings is 1. The Morgan fingerprint density at radius 1 is 1.32 bits per heavy atom. The number of carbonyl (C=O) groups excluding carboxylic acids is 1. The Morgan fingerprint density at radius 3 is 2.76 bits per heavy atom. The van der Waals surface area contributed by atoms with Gasteiger partial charge in [-0.25, -0.2) is 4.98 Å². The lowest BCUT2D eigenvalue weighted by Gasteiger charge is -2.26. The van der Waals surface area contributed by atoms with Crippen LogP contribution in [0.3, 0.4) is 0 Å². The summed E-state index contributed by atoms with van der Waals surface area (Å²) in [5.74, 6) is 2.16. The summed E-state index contributed by atoms with van der Waals surface area (Å²) in [4.78, 5) is 21.1. The third-order valence-corrected chi connectivity index (χ3v) is 4.66. The Labute approximate surface area is 147 Å². The Hall–Kier alpha value is -2.57. The normalized spacial score (nSPS) is 14.0. The molecule has 0 radical (unpaired) electrons. The van der Waals surface area contributed by atoms with Crippen LogP contribution in [0.15, 0.2) is 18.3 Å². The second-order valence-electron chi connectivity index (χ2n) is 6.20. The zero-order valence-electron chi connectivity index (χ0n) is 14.9. The zero-order chi connectivity index (χ0) is 17.8. The van der Waals surface area contributed by atoms with Crippen molar-refractivity contribution in [2.75, 3.05) is 20.8 Å². The first-order chi connectivity index (χ1) is 12.1. The summed E-state index contributed by atoms with van der Waals surface area (Å²) in [7, 11) is 3.01. The summed E-state index contributed by atoms with van der Waals surface area (Å²) in [5, 5.41) is 2.93. The molecule has 0 unspecified atom stereocenters. The number of imidazole rings is 1. The van der Waals surface area contributed by atoms with Gasteiger partial charge in [0.1, 0.15) is 11.4 Å². The molecule has 1 N–H and O–H groups in total. The van der Waals surface area contributed by atoms with E-state index in [2.05, 4.69) is 19.9 Å². The van der Waals surface area contributed by atoms with Crippen LogP contribution in [0, 0.1) is 6.92 Å². The first-order valence-electron chi connectivity index (χ1n) is 8.53. The minimum atomic E-state index is -0.213. The molecule has 2 aromatic rings. The number of carbonyl (C=O) groups is 1. The number of aromatic nitrogens is 3. The first-order valence-corrected chi connectivity index (χ1v) is 8.53. The molecule has 1 fully saturated rings. The number of hydrogen-bond donors (Lipinski definition) is 1. The van der Waals surface area contributed by atoms with E-state index in [1.165, 1.54) is 33.5 Å². The summed E-state index contributed by atoms with van der Waals surface area (Å²) < 4.78 is 12.4. The Morgan fingerprint density at radius 2 is 2.12 bits per heavy atom. The molecule has 0 aromatic carbocycles. The number of amides is 1. The van der Waals surface area contributed by atoms with Gasteiger partial charge in [-0.2, -0.15) is 4.98 Å². The average molecular weight is 344 g/mol. The van der Waals surface area contributed by atoms with Crippen LogP contribution in [0.2, 0.25) is 0 Å². The molecule has 1 saturated carbocycles. The number of rotatable bonds is 7. The zero-order valence-corrected chi connectivity index (χ0v) is 14.9. The van der Waals surface area contributed by atoms with Gasteiger partial charge in [0.2, 0.25) is 11.8 Å². The van der Waals surface area contributed by atoms with Gasteiger partial charge in [-0.3, -0.25) is 4.79 Å². The van der Waals surface area contributed by atoms with E-state index in [0.29, 0.717) is 30.5 Å². The smallest absolute Gasteiger partial charge is 0.256 e. The molecule has 3 rings (SSSR count). The van der Waals surface area contributed by atoms with Crippen LogP contribution in [0.1, 0.15) is 47.1 Å². The molecule has 1 aliphatic rings. The van der Waals surface area contributed by atoms with Crippen molar-refractivity contribution in [1.82, 2.24) is 19.9 Å². The molecular weight excluding hydrogens is 320 g/mol. The average Bonchev–Trinajstić information content (AvgIpc) is 2.93. The van der Waals surface area contributed by atoms with E-state index in [0.717, 1.165) is 11.5 Å². The number of methoxy groups -OCH3 is 2. The molecule has 134 valence electrons. The van der Waals surface area contributed by atoms with Gasteiger partial charge in [-0.05, 0) is 25.8 Å². The standard InChI is InChI=1S/C18H24N4O3/c1-12-11-20-16(13-5-4-6-13)22(12)10-9-19-17(23)14-7-8-15(24-2)21-18(14)25-3/h7-8,11,13H,4-6,9-10H2,1-3H3,(H,19,23). The SMILES string of the molecule is COc1ccc(C(=O)NCCn2c(C)cnc2C2CCC2)c(OC)n1. The highest BCUT2D eigenvalue weighted by molar-refractivity contribution is 5.96. The quantitative estimate of drug-likeness (QED) is 0.834. The molecule has 0 spiro atoms. The molecule has 0 aliphatic heterocycles. The third kappa shape index (κ3) is 3.60. The van der Waals surface area contributed by atoms with Crippen molar-refractivity contribution in [3.8, 4) is 11.8 Å². The molecule has 1 amide bonds. The van der Waals surface area contributed by atoms with Gasteiger partial charge in [0.25, 0.3) is 5.91 Å². The number of hydrogen-bond acceptors (Lipinski definition) is 5. The van der Waals surface area contributed by atoms with Crippen molar-refractivity contribution in [3.05, 3.63) is 35.4 Å². The van der Waals surface area contributed by atoms with Crippen LogP contribution < -0.4 is 14.8 Å². The molecule has 7 nitrogen and oxygen atoms in total. The number of aryl methyl sites for hydroxylation is 1. The molecule has 0 saturated heterocycles. The summed E-state index contributed by atoms with van der Waals surface area (Å²) >= 11 is 0. The fraction of sp³-hybridized carbons (Fsp3) is 0.500. The largest absolute Gasteiger partial charge is 0.481 e. The van der Waals surface area contributed by atoms with Crippen LogP contribution in [-0.2, 0) is 6.54 Å². The van der Waals surface area contributed by atoms with Crippen molar-refractivity contribution in [1.29, 1.82) is 0 Å². The van der Waals surface area contributed by atoms with Crippen LogP contribution in [0.5, 0.6) is 11.8 Å². The van der Waals surface area contributed by atoms with Crippen molar-refractivity contribution in [2.24, 2.45) is 0 Å². The van der Waals surface area contributed by atoms with E-state index in [4.69, 9.17) is 9.47 Å². The Balaban J connectivity index is 1.63. The fourth-order valence-electron chi connectivity index (χ4n) is 3.00. The second-order valence-corrected chi connectivity index (χ2v) is 6.20. The summed E-state index contributed by atoms with van der Waals surface area (Å²) in [6.45, 7) is 3.27. The van der Waals surface area contributed by atoms with Crippen LogP contribution >= 0.6 is 0 Å². The molecular formula is C18H24N4O3. The molecule has 1 aliphatic carbocycles. The molecule has 0 bridgehead atoms. The van der Waals surface area contributed by atoms with Gasteiger partial charge in [0.15, 0.2) is 0 Å². The summed E-state index contributed by atoms with van der Waals surface area (Å²) in [6.07, 6.45) is 5.60. The molecule has 7 heteroatoms. The fourth-order valence-corrected chi connectivity index (χ4v) is 3.00. The van der Waals surface area contributed by atoms with Crippen molar-refractivity contribution in [2.45, 2.75) is 38.6 Å². The van der Waals surface area contributed by atoms with Gasteiger partial charge in [0, 0.05) is 37.0 Å². The number of ether oxygens (including phenoxy) is 2. The highest BCUT2D eigenvalue weighted by Crippen LogP contribution is 2.35. The van der Waals surface area contributed by atoms with E-state index in [1.807, 2.05) is 13.1 Å². The lowest BCUT2D eigenvalue weighted by atomic mass is 9.85. The van der Waals surface area contributed by atoms with Gasteiger partial charge >= 0.3 is 0 Å². The lowest BCUT2D eigenvalue weighted by molar-refractivity contribution is 0.0948. The van der Waals surface area contributed by atoms with Crippen molar-refractivity contribution in [3.63, 3.8) is 0 Å². The monoisotopic (exact) mass is 344 g/mol.